The van der Waals surface area contributed by atoms with Crippen molar-refractivity contribution in [1.29, 1.82) is 0 Å². The molecule has 0 aliphatic heterocycles. The van der Waals surface area contributed by atoms with E-state index in [2.05, 4.69) is 12.6 Å². The fourth-order valence-electron chi connectivity index (χ4n) is 1.74. The molecule has 1 amide bonds. The summed E-state index contributed by atoms with van der Waals surface area (Å²) in [5, 5.41) is 29.6. The van der Waals surface area contributed by atoms with Crippen molar-refractivity contribution in [2.45, 2.75) is 13.8 Å². The molecule has 0 radical (unpaired) electrons. The van der Waals surface area contributed by atoms with Crippen molar-refractivity contribution in [1.82, 2.24) is 4.90 Å². The molecule has 0 aliphatic carbocycles. The normalized spacial score (nSPS) is 11.3. The van der Waals surface area contributed by atoms with Crippen molar-refractivity contribution in [3.63, 3.8) is 0 Å². The zero-order valence-electron chi connectivity index (χ0n) is 11.6. The van der Waals surface area contributed by atoms with E-state index in [-0.39, 0.29) is 16.4 Å². The molecule has 1 rings (SSSR count). The lowest BCUT2D eigenvalue weighted by Gasteiger charge is -2.18. The van der Waals surface area contributed by atoms with Crippen LogP contribution in [0.3, 0.4) is 0 Å². The number of hydrogen-bond acceptors (Lipinski definition) is 6. The van der Waals surface area contributed by atoms with Crippen molar-refractivity contribution < 1.29 is 19.9 Å². The minimum atomic E-state index is -0.823. The molecule has 114 valence electrons. The highest BCUT2D eigenvalue weighted by molar-refractivity contribution is 7.85. The number of nitrogens with zero attached hydrogens (tertiary/aromatic N) is 2. The molecule has 0 bridgehead atoms. The van der Waals surface area contributed by atoms with E-state index in [1.54, 1.807) is 0 Å². The third-order valence-corrected chi connectivity index (χ3v) is 3.18. The Morgan fingerprint density at radius 1 is 1.38 bits per heavy atom. The number of phenolic OH excluding ortho intramolecular Hbond substituents is 2. The number of thiol groups is 1. The van der Waals surface area contributed by atoms with E-state index in [0.29, 0.717) is 13.1 Å². The molecule has 0 saturated heterocycles. The molecule has 0 aromatic heterocycles. The van der Waals surface area contributed by atoms with E-state index in [1.807, 2.05) is 13.8 Å². The van der Waals surface area contributed by atoms with Gasteiger partial charge in [-0.15, -0.1) is 12.6 Å². The second-order valence-electron chi connectivity index (χ2n) is 4.17. The summed E-state index contributed by atoms with van der Waals surface area (Å²) in [4.78, 5) is 23.6. The van der Waals surface area contributed by atoms with Crippen LogP contribution in [0.2, 0.25) is 0 Å². The molecule has 0 spiro atoms. The second-order valence-corrected chi connectivity index (χ2v) is 4.65. The number of carbonyl (C=O) groups excluding carboxylic acids is 1. The van der Waals surface area contributed by atoms with Gasteiger partial charge >= 0.3 is 5.69 Å². The van der Waals surface area contributed by atoms with Gasteiger partial charge in [0, 0.05) is 19.2 Å². The van der Waals surface area contributed by atoms with E-state index >= 15 is 0 Å². The number of hydrogen-bond donors (Lipinski definition) is 3. The first-order chi connectivity index (χ1) is 9.81. The Hall–Kier alpha value is -2.22. The number of amides is 1. The van der Waals surface area contributed by atoms with Gasteiger partial charge in [-0.25, -0.2) is 0 Å². The molecule has 8 heteroatoms. The Labute approximate surface area is 127 Å². The fraction of sp³-hybridized carbons (Fsp3) is 0.308. The molecule has 0 aliphatic rings. The Morgan fingerprint density at radius 2 is 1.95 bits per heavy atom. The van der Waals surface area contributed by atoms with Crippen molar-refractivity contribution in [2.75, 3.05) is 13.1 Å². The standard InChI is InChI=1S/C13H16N2O5S/c1-3-14(4-2)13(18)11(21)7-8-5-9(15(19)20)12(17)10(16)6-8/h5-7,16-17,21H,3-4H2,1-2H3/b11-7-. The molecule has 7 nitrogen and oxygen atoms in total. The van der Waals surface area contributed by atoms with Gasteiger partial charge in [0.2, 0.25) is 5.75 Å². The number of likely N-dealkylation sites (N-methyl/N-ethyl adjacent to an activating group) is 1. The number of phenols is 2. The number of carbonyl (C=O) groups is 1. The lowest BCUT2D eigenvalue weighted by molar-refractivity contribution is -0.386. The summed E-state index contributed by atoms with van der Waals surface area (Å²) in [7, 11) is 0. The first-order valence-corrected chi connectivity index (χ1v) is 6.66. The average Bonchev–Trinajstić information content (AvgIpc) is 2.43. The summed E-state index contributed by atoms with van der Waals surface area (Å²) >= 11 is 4.09. The predicted octanol–water partition coefficient (Wildman–Crippen LogP) is 2.15. The average molecular weight is 312 g/mol. The van der Waals surface area contributed by atoms with E-state index in [4.69, 9.17) is 0 Å². The highest BCUT2D eigenvalue weighted by Crippen LogP contribution is 2.36. The maximum atomic E-state index is 12.0. The molecule has 21 heavy (non-hydrogen) atoms. The second kappa shape index (κ2) is 6.98. The third-order valence-electron chi connectivity index (χ3n) is 2.86. The van der Waals surface area contributed by atoms with Crippen LogP contribution in [0, 0.1) is 10.1 Å². The van der Waals surface area contributed by atoms with Gasteiger partial charge in [-0.2, -0.15) is 0 Å². The van der Waals surface area contributed by atoms with Crippen LogP contribution in [-0.2, 0) is 4.79 Å². The molecule has 2 N–H and O–H groups in total. The summed E-state index contributed by atoms with van der Waals surface area (Å²) in [5.41, 5.74) is -0.444. The van der Waals surface area contributed by atoms with Crippen molar-refractivity contribution >= 4 is 30.3 Å². The van der Waals surface area contributed by atoms with Gasteiger partial charge in [0.1, 0.15) is 0 Å². The van der Waals surface area contributed by atoms with Crippen LogP contribution in [0.15, 0.2) is 17.0 Å². The van der Waals surface area contributed by atoms with Gasteiger partial charge in [-0.05, 0) is 31.6 Å². The number of nitro benzene ring substituents is 1. The highest BCUT2D eigenvalue weighted by atomic mass is 32.1. The molecule has 1 aromatic carbocycles. The van der Waals surface area contributed by atoms with E-state index in [0.717, 1.165) is 12.1 Å². The molecule has 0 saturated carbocycles. The lowest BCUT2D eigenvalue weighted by atomic mass is 10.1. The van der Waals surface area contributed by atoms with Crippen molar-refractivity contribution in [2.24, 2.45) is 0 Å². The smallest absolute Gasteiger partial charge is 0.315 e. The third kappa shape index (κ3) is 3.88. The molecule has 1 aromatic rings. The Morgan fingerprint density at radius 3 is 2.43 bits per heavy atom. The maximum Gasteiger partial charge on any atom is 0.315 e. The van der Waals surface area contributed by atoms with Gasteiger partial charge in [-0.3, -0.25) is 14.9 Å². The first-order valence-electron chi connectivity index (χ1n) is 6.22. The highest BCUT2D eigenvalue weighted by Gasteiger charge is 2.19. The van der Waals surface area contributed by atoms with Gasteiger partial charge < -0.3 is 15.1 Å². The van der Waals surface area contributed by atoms with Crippen molar-refractivity contribution in [3.8, 4) is 11.5 Å². The molecule has 0 atom stereocenters. The van der Waals surface area contributed by atoms with Crippen LogP contribution in [0.25, 0.3) is 6.08 Å². The van der Waals surface area contributed by atoms with Gasteiger partial charge in [0.25, 0.3) is 5.91 Å². The number of nitro groups is 1. The predicted molar refractivity (Wildman–Crippen MR) is 81.3 cm³/mol. The van der Waals surface area contributed by atoms with Crippen LogP contribution in [0.5, 0.6) is 11.5 Å². The quantitative estimate of drug-likeness (QED) is 0.254. The maximum absolute atomic E-state index is 12.0. The summed E-state index contributed by atoms with van der Waals surface area (Å²) in [6.45, 7) is 4.65. The minimum absolute atomic E-state index is 0.0816. The molecular formula is C13H16N2O5S. The SMILES string of the molecule is CCN(CC)C(=O)/C(S)=C/c1cc(O)c(O)c([N+](=O)[O-])c1. The monoisotopic (exact) mass is 312 g/mol. The topological polar surface area (TPSA) is 104 Å². The Bertz CT molecular complexity index is 596. The number of rotatable bonds is 5. The largest absolute Gasteiger partial charge is 0.504 e. The summed E-state index contributed by atoms with van der Waals surface area (Å²) in [6, 6.07) is 2.18. The zero-order chi connectivity index (χ0) is 16.2. The van der Waals surface area contributed by atoms with Gasteiger partial charge in [0.15, 0.2) is 5.75 Å². The minimum Gasteiger partial charge on any atom is -0.504 e. The Balaban J connectivity index is 3.20. The van der Waals surface area contributed by atoms with Crippen LogP contribution in [0.4, 0.5) is 5.69 Å². The van der Waals surface area contributed by atoms with Crippen LogP contribution in [-0.4, -0.2) is 39.0 Å². The molecule has 0 unspecified atom stereocenters. The van der Waals surface area contributed by atoms with Crippen molar-refractivity contribution in [3.05, 3.63) is 32.7 Å². The van der Waals surface area contributed by atoms with E-state index in [1.165, 1.54) is 11.0 Å². The first kappa shape index (κ1) is 16.8. The molecular weight excluding hydrogens is 296 g/mol. The fourth-order valence-corrected chi connectivity index (χ4v) is 2.03. The molecule has 0 fully saturated rings. The van der Waals surface area contributed by atoms with Crippen LogP contribution in [0.1, 0.15) is 19.4 Å². The Kier molecular flexibility index (Phi) is 5.60. The summed E-state index contributed by atoms with van der Waals surface area (Å²) in [6.07, 6.45) is 1.30. The van der Waals surface area contributed by atoms with Gasteiger partial charge in [0.05, 0.1) is 9.83 Å². The van der Waals surface area contributed by atoms with Crippen LogP contribution >= 0.6 is 12.6 Å². The van der Waals surface area contributed by atoms with E-state index in [9.17, 15) is 25.1 Å². The van der Waals surface area contributed by atoms with Gasteiger partial charge in [-0.1, -0.05) is 0 Å². The molecule has 0 heterocycles. The summed E-state index contributed by atoms with van der Waals surface area (Å²) < 4.78 is 0. The summed E-state index contributed by atoms with van der Waals surface area (Å²) in [5.74, 6) is -1.77. The van der Waals surface area contributed by atoms with Crippen LogP contribution < -0.4 is 0 Å². The number of benzene rings is 1. The zero-order valence-corrected chi connectivity index (χ0v) is 12.5. The van der Waals surface area contributed by atoms with E-state index < -0.39 is 22.1 Å². The number of aromatic hydroxyl groups is 2. The lowest BCUT2D eigenvalue weighted by Crippen LogP contribution is -2.30.